The molecule has 26 heavy (non-hydrogen) atoms. The minimum atomic E-state index is -2.10. The third kappa shape index (κ3) is 3.18. The summed E-state index contributed by atoms with van der Waals surface area (Å²) >= 11 is 0. The minimum absolute atomic E-state index is 0.0772. The van der Waals surface area contributed by atoms with Crippen molar-refractivity contribution in [2.24, 2.45) is 5.11 Å². The molecular weight excluding hydrogens is 348 g/mol. The zero-order valence-corrected chi connectivity index (χ0v) is 13.6. The van der Waals surface area contributed by atoms with Gasteiger partial charge in [-0.05, 0) is 18.0 Å². The number of nitro groups is 1. The van der Waals surface area contributed by atoms with Crippen molar-refractivity contribution in [1.82, 2.24) is 10.4 Å². The molecule has 1 fully saturated rings. The molecule has 1 atom stereocenters. The van der Waals surface area contributed by atoms with Crippen LogP contribution < -0.4 is 5.43 Å². The van der Waals surface area contributed by atoms with Crippen molar-refractivity contribution < 1.29 is 24.4 Å². The van der Waals surface area contributed by atoms with E-state index < -0.39 is 33.9 Å². The molecule has 0 spiro atoms. The van der Waals surface area contributed by atoms with E-state index in [1.165, 1.54) is 13.0 Å². The fraction of sp³-hybridized carbons (Fsp3) is 0.357. The van der Waals surface area contributed by atoms with Crippen LogP contribution in [0.15, 0.2) is 23.3 Å². The number of carboxylic acids is 1. The highest BCUT2D eigenvalue weighted by Crippen LogP contribution is 2.36. The summed E-state index contributed by atoms with van der Waals surface area (Å²) < 4.78 is 0. The normalized spacial score (nSPS) is 16.1. The Hall–Kier alpha value is -3.50. The van der Waals surface area contributed by atoms with Gasteiger partial charge in [-0.1, -0.05) is 18.1 Å². The first-order chi connectivity index (χ1) is 12.3. The average Bonchev–Trinajstić information content (AvgIpc) is 2.91. The number of hydrazine groups is 1. The van der Waals surface area contributed by atoms with E-state index in [2.05, 4.69) is 15.5 Å². The lowest BCUT2D eigenvalue weighted by Gasteiger charge is -2.33. The number of amides is 2. The van der Waals surface area contributed by atoms with Crippen LogP contribution in [0.4, 0.5) is 11.4 Å². The van der Waals surface area contributed by atoms with Gasteiger partial charge >= 0.3 is 5.97 Å². The Morgan fingerprint density at radius 2 is 2.08 bits per heavy atom. The van der Waals surface area contributed by atoms with Crippen LogP contribution in [0.2, 0.25) is 0 Å². The van der Waals surface area contributed by atoms with Gasteiger partial charge in [0.1, 0.15) is 0 Å². The number of imide groups is 1. The molecule has 0 radical (unpaired) electrons. The zero-order valence-electron chi connectivity index (χ0n) is 13.6. The molecule has 1 unspecified atom stereocenters. The van der Waals surface area contributed by atoms with Crippen molar-refractivity contribution >= 4 is 29.2 Å². The fourth-order valence-corrected chi connectivity index (χ4v) is 2.68. The molecule has 1 aliphatic rings. The van der Waals surface area contributed by atoms with Gasteiger partial charge in [-0.3, -0.25) is 19.7 Å². The molecule has 2 amide bonds. The third-order valence-electron chi connectivity index (χ3n) is 4.05. The summed E-state index contributed by atoms with van der Waals surface area (Å²) in [6.45, 7) is 1.44. The number of nitro benzene ring substituents is 1. The smallest absolute Gasteiger partial charge is 0.330 e. The lowest BCUT2D eigenvalue weighted by Crippen LogP contribution is -2.58. The molecule has 12 nitrogen and oxygen atoms in total. The molecule has 1 heterocycles. The minimum Gasteiger partial charge on any atom is -0.480 e. The number of hydrogen-bond donors (Lipinski definition) is 2. The van der Waals surface area contributed by atoms with Crippen molar-refractivity contribution in [2.75, 3.05) is 0 Å². The number of carbonyl (C=O) groups is 3. The van der Waals surface area contributed by atoms with Crippen molar-refractivity contribution in [3.63, 3.8) is 0 Å². The van der Waals surface area contributed by atoms with Crippen molar-refractivity contribution in [3.05, 3.63) is 44.3 Å². The quantitative estimate of drug-likeness (QED) is 0.185. The van der Waals surface area contributed by atoms with E-state index in [0.29, 0.717) is 5.01 Å². The predicted octanol–water partition coefficient (Wildman–Crippen LogP) is 1.88. The Morgan fingerprint density at radius 3 is 2.54 bits per heavy atom. The molecule has 12 heteroatoms. The first-order valence-electron chi connectivity index (χ1n) is 7.47. The van der Waals surface area contributed by atoms with Gasteiger partial charge in [0.2, 0.25) is 11.8 Å². The standard InChI is InChI=1S/C14H14N6O6/c1-2-14(13(23)24,17-19-11(21)5-6-12(19)22)9-4-3-8(16-18-15)7-10(9)20(25)26/h3-4,7,17H,2,5-6H2,1H3,(H,23,24). The molecule has 2 rings (SSSR count). The molecule has 0 aromatic heterocycles. The van der Waals surface area contributed by atoms with Crippen LogP contribution in [-0.4, -0.2) is 32.8 Å². The molecule has 1 aliphatic heterocycles. The van der Waals surface area contributed by atoms with Crippen molar-refractivity contribution in [2.45, 2.75) is 31.7 Å². The summed E-state index contributed by atoms with van der Waals surface area (Å²) in [5.74, 6) is -2.75. The zero-order chi connectivity index (χ0) is 19.5. The number of carboxylic acid groups (broad SMARTS) is 1. The first-order valence-corrected chi connectivity index (χ1v) is 7.47. The van der Waals surface area contributed by atoms with Gasteiger partial charge in [0, 0.05) is 29.5 Å². The predicted molar refractivity (Wildman–Crippen MR) is 85.7 cm³/mol. The first kappa shape index (κ1) is 18.8. The number of azide groups is 1. The molecule has 1 saturated heterocycles. The second-order valence-electron chi connectivity index (χ2n) is 5.45. The van der Waals surface area contributed by atoms with E-state index in [0.717, 1.165) is 12.1 Å². The Labute approximate surface area is 146 Å². The Bertz CT molecular complexity index is 832. The SMILES string of the molecule is CCC(NN1C(=O)CCC1=O)(C(=O)O)c1ccc(N=[N+]=[N-])cc1[N+](=O)[O-]. The van der Waals surface area contributed by atoms with Crippen LogP contribution in [0.25, 0.3) is 10.4 Å². The largest absolute Gasteiger partial charge is 0.480 e. The molecular formula is C14H14N6O6. The molecule has 1 aromatic carbocycles. The van der Waals surface area contributed by atoms with Gasteiger partial charge in [0.05, 0.1) is 10.5 Å². The van der Waals surface area contributed by atoms with Gasteiger partial charge in [0.25, 0.3) is 5.69 Å². The number of nitrogens with one attached hydrogen (secondary N) is 1. The average molecular weight is 362 g/mol. The second-order valence-corrected chi connectivity index (χ2v) is 5.45. The number of aliphatic carboxylic acids is 1. The summed E-state index contributed by atoms with van der Waals surface area (Å²) in [5, 5.41) is 25.1. The monoisotopic (exact) mass is 362 g/mol. The van der Waals surface area contributed by atoms with E-state index in [-0.39, 0.29) is 30.5 Å². The van der Waals surface area contributed by atoms with Gasteiger partial charge < -0.3 is 5.11 Å². The molecule has 0 aliphatic carbocycles. The third-order valence-corrected chi connectivity index (χ3v) is 4.05. The number of nitrogens with zero attached hydrogens (tertiary/aromatic N) is 5. The molecule has 1 aromatic rings. The molecule has 0 saturated carbocycles. The maximum absolute atomic E-state index is 12.0. The maximum Gasteiger partial charge on any atom is 0.330 e. The Kier molecular flexibility index (Phi) is 5.19. The van der Waals surface area contributed by atoms with E-state index in [4.69, 9.17) is 5.53 Å². The Morgan fingerprint density at radius 1 is 1.46 bits per heavy atom. The van der Waals surface area contributed by atoms with E-state index >= 15 is 0 Å². The molecule has 2 N–H and O–H groups in total. The summed E-state index contributed by atoms with van der Waals surface area (Å²) in [4.78, 5) is 48.9. The van der Waals surface area contributed by atoms with Crippen molar-refractivity contribution in [3.8, 4) is 0 Å². The maximum atomic E-state index is 12.0. The van der Waals surface area contributed by atoms with Gasteiger partial charge in [-0.15, -0.1) is 0 Å². The lowest BCUT2D eigenvalue weighted by atomic mass is 9.86. The van der Waals surface area contributed by atoms with E-state index in [1.807, 2.05) is 0 Å². The number of benzene rings is 1. The van der Waals surface area contributed by atoms with E-state index in [9.17, 15) is 29.6 Å². The highest BCUT2D eigenvalue weighted by molar-refractivity contribution is 6.02. The van der Waals surface area contributed by atoms with Gasteiger partial charge in [-0.25, -0.2) is 15.2 Å². The van der Waals surface area contributed by atoms with Crippen LogP contribution in [0.1, 0.15) is 31.7 Å². The number of hydrogen-bond acceptors (Lipinski definition) is 7. The summed E-state index contributed by atoms with van der Waals surface area (Å²) in [7, 11) is 0. The van der Waals surface area contributed by atoms with Crippen LogP contribution in [-0.2, 0) is 19.9 Å². The van der Waals surface area contributed by atoms with Gasteiger partial charge in [0.15, 0.2) is 5.54 Å². The number of carbonyl (C=O) groups excluding carboxylic acids is 2. The fourth-order valence-electron chi connectivity index (χ4n) is 2.68. The van der Waals surface area contributed by atoms with Crippen LogP contribution >= 0.6 is 0 Å². The molecule has 136 valence electrons. The van der Waals surface area contributed by atoms with Crippen LogP contribution in [0.5, 0.6) is 0 Å². The van der Waals surface area contributed by atoms with E-state index in [1.54, 1.807) is 0 Å². The Balaban J connectivity index is 2.65. The van der Waals surface area contributed by atoms with Crippen LogP contribution in [0, 0.1) is 10.1 Å². The number of rotatable bonds is 7. The molecule has 0 bridgehead atoms. The van der Waals surface area contributed by atoms with Crippen LogP contribution in [0.3, 0.4) is 0 Å². The highest BCUT2D eigenvalue weighted by Gasteiger charge is 2.47. The van der Waals surface area contributed by atoms with Crippen molar-refractivity contribution in [1.29, 1.82) is 0 Å². The highest BCUT2D eigenvalue weighted by atomic mass is 16.6. The second kappa shape index (κ2) is 7.17. The summed E-state index contributed by atoms with van der Waals surface area (Å²) in [6, 6.07) is 3.26. The summed E-state index contributed by atoms with van der Waals surface area (Å²) in [6.07, 6.45) is -0.368. The lowest BCUT2D eigenvalue weighted by molar-refractivity contribution is -0.386. The topological polar surface area (TPSA) is 179 Å². The summed E-state index contributed by atoms with van der Waals surface area (Å²) in [5.41, 5.74) is 7.75. The van der Waals surface area contributed by atoms with Gasteiger partial charge in [-0.2, -0.15) is 0 Å².